The summed E-state index contributed by atoms with van der Waals surface area (Å²) in [7, 11) is 3.91. The minimum atomic E-state index is 0.927. The minimum absolute atomic E-state index is 0.927. The SMILES string of the molecule is COc1ccc(Br)cc1CN(C)CCN1CCCC1. The molecule has 0 bridgehead atoms. The van der Waals surface area contributed by atoms with E-state index in [1.807, 2.05) is 12.1 Å². The number of likely N-dealkylation sites (tertiary alicyclic amines) is 1. The van der Waals surface area contributed by atoms with Crippen LogP contribution in [0, 0.1) is 0 Å². The first-order chi connectivity index (χ1) is 9.19. The Kier molecular flexibility index (Phi) is 5.67. The van der Waals surface area contributed by atoms with Crippen molar-refractivity contribution >= 4 is 15.9 Å². The van der Waals surface area contributed by atoms with Crippen molar-refractivity contribution in [2.24, 2.45) is 0 Å². The third-order valence-corrected chi connectivity index (χ3v) is 4.17. The van der Waals surface area contributed by atoms with E-state index >= 15 is 0 Å². The van der Waals surface area contributed by atoms with Crippen molar-refractivity contribution in [2.75, 3.05) is 40.3 Å². The molecule has 0 radical (unpaired) electrons. The second-order valence-electron chi connectivity index (χ2n) is 5.24. The number of halogens is 1. The Morgan fingerprint density at radius 3 is 2.74 bits per heavy atom. The molecule has 0 aromatic heterocycles. The number of nitrogens with zero attached hydrogens (tertiary/aromatic N) is 2. The number of rotatable bonds is 6. The Balaban J connectivity index is 1.86. The molecule has 0 unspecified atom stereocenters. The van der Waals surface area contributed by atoms with Gasteiger partial charge in [-0.2, -0.15) is 0 Å². The first kappa shape index (κ1) is 14.8. The molecule has 0 saturated carbocycles. The summed E-state index contributed by atoms with van der Waals surface area (Å²) < 4.78 is 6.53. The lowest BCUT2D eigenvalue weighted by Crippen LogP contribution is -2.31. The van der Waals surface area contributed by atoms with Crippen LogP contribution in [0.1, 0.15) is 18.4 Å². The van der Waals surface area contributed by atoms with Crippen molar-refractivity contribution in [3.63, 3.8) is 0 Å². The van der Waals surface area contributed by atoms with Crippen molar-refractivity contribution in [3.8, 4) is 5.75 Å². The molecule has 0 spiro atoms. The van der Waals surface area contributed by atoms with Crippen molar-refractivity contribution < 1.29 is 4.74 Å². The zero-order valence-corrected chi connectivity index (χ0v) is 13.4. The molecule has 19 heavy (non-hydrogen) atoms. The van der Waals surface area contributed by atoms with Crippen LogP contribution in [-0.2, 0) is 6.54 Å². The molecule has 1 aromatic carbocycles. The molecule has 106 valence electrons. The molecular weight excluding hydrogens is 304 g/mol. The molecule has 0 atom stereocenters. The van der Waals surface area contributed by atoms with Gasteiger partial charge >= 0.3 is 0 Å². The molecule has 0 N–H and O–H groups in total. The van der Waals surface area contributed by atoms with Gasteiger partial charge in [0.05, 0.1) is 7.11 Å². The van der Waals surface area contributed by atoms with Gasteiger partial charge in [-0.25, -0.2) is 0 Å². The third-order valence-electron chi connectivity index (χ3n) is 3.68. The lowest BCUT2D eigenvalue weighted by molar-refractivity contribution is 0.250. The first-order valence-corrected chi connectivity index (χ1v) is 7.71. The molecule has 1 aliphatic heterocycles. The van der Waals surface area contributed by atoms with Crippen LogP contribution < -0.4 is 4.74 Å². The van der Waals surface area contributed by atoms with E-state index < -0.39 is 0 Å². The van der Waals surface area contributed by atoms with E-state index in [0.29, 0.717) is 0 Å². The monoisotopic (exact) mass is 326 g/mol. The zero-order valence-electron chi connectivity index (χ0n) is 11.9. The summed E-state index contributed by atoms with van der Waals surface area (Å²) in [5, 5.41) is 0. The maximum absolute atomic E-state index is 5.42. The predicted molar refractivity (Wildman–Crippen MR) is 82.7 cm³/mol. The number of benzene rings is 1. The van der Waals surface area contributed by atoms with Gasteiger partial charge in [-0.05, 0) is 51.2 Å². The highest BCUT2D eigenvalue weighted by Crippen LogP contribution is 2.24. The minimum Gasteiger partial charge on any atom is -0.496 e. The fourth-order valence-electron chi connectivity index (χ4n) is 2.56. The average molecular weight is 327 g/mol. The quantitative estimate of drug-likeness (QED) is 0.799. The molecule has 1 aliphatic rings. The highest BCUT2D eigenvalue weighted by atomic mass is 79.9. The zero-order chi connectivity index (χ0) is 13.7. The molecule has 0 amide bonds. The van der Waals surface area contributed by atoms with Gasteiger partial charge in [0.15, 0.2) is 0 Å². The number of methoxy groups -OCH3 is 1. The Hall–Kier alpha value is -0.580. The topological polar surface area (TPSA) is 15.7 Å². The van der Waals surface area contributed by atoms with Gasteiger partial charge in [-0.15, -0.1) is 0 Å². The highest BCUT2D eigenvalue weighted by molar-refractivity contribution is 9.10. The number of hydrogen-bond donors (Lipinski definition) is 0. The molecule has 4 heteroatoms. The van der Waals surface area contributed by atoms with Gasteiger partial charge in [0.1, 0.15) is 5.75 Å². The molecule has 1 fully saturated rings. The summed E-state index contributed by atoms with van der Waals surface area (Å²) in [4.78, 5) is 4.91. The fourth-order valence-corrected chi connectivity index (χ4v) is 2.97. The maximum atomic E-state index is 5.42. The predicted octanol–water partition coefficient (Wildman–Crippen LogP) is 2.99. The normalized spacial score (nSPS) is 16.2. The summed E-state index contributed by atoms with van der Waals surface area (Å²) in [6, 6.07) is 6.19. The molecule has 0 aliphatic carbocycles. The van der Waals surface area contributed by atoms with Gasteiger partial charge in [0.2, 0.25) is 0 Å². The van der Waals surface area contributed by atoms with Crippen LogP contribution in [0.2, 0.25) is 0 Å². The fraction of sp³-hybridized carbons (Fsp3) is 0.600. The van der Waals surface area contributed by atoms with Crippen LogP contribution in [0.5, 0.6) is 5.75 Å². The highest BCUT2D eigenvalue weighted by Gasteiger charge is 2.12. The van der Waals surface area contributed by atoms with E-state index in [-0.39, 0.29) is 0 Å². The molecular formula is C15H23BrN2O. The first-order valence-electron chi connectivity index (χ1n) is 6.92. The summed E-state index contributed by atoms with van der Waals surface area (Å²) in [5.41, 5.74) is 1.24. The summed E-state index contributed by atoms with van der Waals surface area (Å²) in [5.74, 6) is 0.969. The summed E-state index contributed by atoms with van der Waals surface area (Å²) in [6.45, 7) is 5.75. The average Bonchev–Trinajstić information content (AvgIpc) is 2.90. The smallest absolute Gasteiger partial charge is 0.123 e. The van der Waals surface area contributed by atoms with E-state index in [4.69, 9.17) is 4.74 Å². The Labute approximate surface area is 124 Å². The lowest BCUT2D eigenvalue weighted by atomic mass is 10.2. The second-order valence-corrected chi connectivity index (χ2v) is 6.16. The standard InChI is InChI=1S/C15H23BrN2O/c1-17(9-10-18-7-3-4-8-18)12-13-11-14(16)5-6-15(13)19-2/h5-6,11H,3-4,7-10,12H2,1-2H3. The summed E-state index contributed by atoms with van der Waals surface area (Å²) in [6.07, 6.45) is 2.73. The van der Waals surface area contributed by atoms with Crippen molar-refractivity contribution in [1.29, 1.82) is 0 Å². The van der Waals surface area contributed by atoms with Gasteiger partial charge < -0.3 is 14.5 Å². The van der Waals surface area contributed by atoms with Crippen LogP contribution in [0.25, 0.3) is 0 Å². The van der Waals surface area contributed by atoms with Crippen LogP contribution >= 0.6 is 15.9 Å². The van der Waals surface area contributed by atoms with E-state index in [1.54, 1.807) is 7.11 Å². The van der Waals surface area contributed by atoms with Crippen molar-refractivity contribution in [3.05, 3.63) is 28.2 Å². The van der Waals surface area contributed by atoms with E-state index in [0.717, 1.165) is 23.3 Å². The number of ether oxygens (including phenoxy) is 1. The Morgan fingerprint density at radius 1 is 1.32 bits per heavy atom. The van der Waals surface area contributed by atoms with Gasteiger partial charge in [-0.3, -0.25) is 0 Å². The second kappa shape index (κ2) is 7.27. The van der Waals surface area contributed by atoms with E-state index in [2.05, 4.69) is 38.8 Å². The number of hydrogen-bond acceptors (Lipinski definition) is 3. The molecule has 1 heterocycles. The van der Waals surface area contributed by atoms with Crippen molar-refractivity contribution in [1.82, 2.24) is 9.80 Å². The largest absolute Gasteiger partial charge is 0.496 e. The lowest BCUT2D eigenvalue weighted by Gasteiger charge is -2.22. The van der Waals surface area contributed by atoms with E-state index in [1.165, 1.54) is 38.0 Å². The Bertz CT molecular complexity index is 405. The van der Waals surface area contributed by atoms with E-state index in [9.17, 15) is 0 Å². The maximum Gasteiger partial charge on any atom is 0.123 e. The number of likely N-dealkylation sites (N-methyl/N-ethyl adjacent to an activating group) is 1. The molecule has 2 rings (SSSR count). The van der Waals surface area contributed by atoms with Gasteiger partial charge in [0, 0.05) is 29.7 Å². The van der Waals surface area contributed by atoms with Gasteiger partial charge in [0.25, 0.3) is 0 Å². The third kappa shape index (κ3) is 4.48. The van der Waals surface area contributed by atoms with Crippen LogP contribution in [0.4, 0.5) is 0 Å². The molecule has 3 nitrogen and oxygen atoms in total. The van der Waals surface area contributed by atoms with Crippen molar-refractivity contribution in [2.45, 2.75) is 19.4 Å². The Morgan fingerprint density at radius 2 is 2.05 bits per heavy atom. The van der Waals surface area contributed by atoms with Crippen LogP contribution in [-0.4, -0.2) is 50.1 Å². The molecule has 1 saturated heterocycles. The molecule has 1 aromatic rings. The van der Waals surface area contributed by atoms with Crippen LogP contribution in [0.15, 0.2) is 22.7 Å². The van der Waals surface area contributed by atoms with Gasteiger partial charge in [-0.1, -0.05) is 15.9 Å². The summed E-state index contributed by atoms with van der Waals surface area (Å²) >= 11 is 3.53. The van der Waals surface area contributed by atoms with Crippen LogP contribution in [0.3, 0.4) is 0 Å².